The lowest BCUT2D eigenvalue weighted by atomic mass is 9.70. The van der Waals surface area contributed by atoms with Gasteiger partial charge in [-0.1, -0.05) is 56.7 Å². The lowest BCUT2D eigenvalue weighted by Crippen LogP contribution is -2.26. The molecule has 2 aromatic rings. The first kappa shape index (κ1) is 18.6. The second-order valence-corrected chi connectivity index (χ2v) is 9.09. The first-order valence-corrected chi connectivity index (χ1v) is 11.3. The number of carbonyl (C=O) groups is 2. The number of benzene rings is 2. The van der Waals surface area contributed by atoms with Gasteiger partial charge in [-0.2, -0.15) is 0 Å². The predicted octanol–water partition coefficient (Wildman–Crippen LogP) is 6.14. The molecule has 2 fully saturated rings. The molecular formula is C26H29NO2. The highest BCUT2D eigenvalue weighted by Crippen LogP contribution is 2.45. The Hall–Kier alpha value is -2.42. The molecular weight excluding hydrogens is 358 g/mol. The molecule has 0 radical (unpaired) electrons. The van der Waals surface area contributed by atoms with Crippen LogP contribution in [0, 0.1) is 0 Å². The molecule has 3 aliphatic carbocycles. The quantitative estimate of drug-likeness (QED) is 0.537. The lowest BCUT2D eigenvalue weighted by Gasteiger charge is -2.33. The topological polar surface area (TPSA) is 60.2 Å². The highest BCUT2D eigenvalue weighted by atomic mass is 16.1. The molecule has 0 saturated heterocycles. The number of ketones is 2. The summed E-state index contributed by atoms with van der Waals surface area (Å²) < 4.78 is 0. The first-order chi connectivity index (χ1) is 14.2. The van der Waals surface area contributed by atoms with Crippen molar-refractivity contribution in [2.75, 3.05) is 5.73 Å². The van der Waals surface area contributed by atoms with Gasteiger partial charge in [-0.25, -0.2) is 0 Å². The molecule has 0 heterocycles. The molecule has 3 aliphatic rings. The number of carbonyl (C=O) groups excluding carboxylic acids is 2. The Balaban J connectivity index is 1.72. The van der Waals surface area contributed by atoms with Gasteiger partial charge in [0.15, 0.2) is 11.6 Å². The summed E-state index contributed by atoms with van der Waals surface area (Å²) in [7, 11) is 0. The number of nitrogens with two attached hydrogens (primary N) is 1. The molecule has 5 rings (SSSR count). The van der Waals surface area contributed by atoms with Crippen molar-refractivity contribution in [3.05, 3.63) is 63.7 Å². The Morgan fingerprint density at radius 1 is 0.655 bits per heavy atom. The maximum atomic E-state index is 13.7. The zero-order valence-electron chi connectivity index (χ0n) is 17.0. The molecule has 0 bridgehead atoms. The maximum absolute atomic E-state index is 13.7. The van der Waals surface area contributed by atoms with Crippen molar-refractivity contribution >= 4 is 17.3 Å². The molecule has 3 nitrogen and oxygen atoms in total. The zero-order valence-corrected chi connectivity index (χ0v) is 17.0. The van der Waals surface area contributed by atoms with Crippen LogP contribution in [-0.4, -0.2) is 11.6 Å². The highest BCUT2D eigenvalue weighted by Gasteiger charge is 2.37. The summed E-state index contributed by atoms with van der Waals surface area (Å²) in [6.07, 6.45) is 12.2. The van der Waals surface area contributed by atoms with E-state index < -0.39 is 0 Å². The Bertz CT molecular complexity index is 978. The number of fused-ring (bicyclic) bond motifs is 2. The Kier molecular flexibility index (Phi) is 4.77. The van der Waals surface area contributed by atoms with Crippen LogP contribution in [0.25, 0.3) is 0 Å². The predicted molar refractivity (Wildman–Crippen MR) is 116 cm³/mol. The van der Waals surface area contributed by atoms with Crippen molar-refractivity contribution in [2.24, 2.45) is 0 Å². The number of nitrogen functional groups attached to an aromatic ring is 1. The normalized spacial score (nSPS) is 20.4. The summed E-state index contributed by atoms with van der Waals surface area (Å²) in [6, 6.07) is 9.37. The molecule has 2 saturated carbocycles. The van der Waals surface area contributed by atoms with Crippen LogP contribution in [0.1, 0.15) is 119 Å². The summed E-state index contributed by atoms with van der Waals surface area (Å²) in [5, 5.41) is 0. The van der Waals surface area contributed by atoms with E-state index in [2.05, 4.69) is 6.07 Å². The van der Waals surface area contributed by atoms with E-state index in [1.165, 1.54) is 62.5 Å². The molecule has 150 valence electrons. The number of hydrogen-bond acceptors (Lipinski definition) is 3. The molecule has 0 amide bonds. The van der Waals surface area contributed by atoms with Crippen molar-refractivity contribution in [1.82, 2.24) is 0 Å². The van der Waals surface area contributed by atoms with Crippen LogP contribution < -0.4 is 5.73 Å². The van der Waals surface area contributed by atoms with E-state index in [1.54, 1.807) is 18.2 Å². The third-order valence-corrected chi connectivity index (χ3v) is 7.38. The lowest BCUT2D eigenvalue weighted by molar-refractivity contribution is 0.0978. The van der Waals surface area contributed by atoms with Crippen LogP contribution in [0.15, 0.2) is 30.3 Å². The molecule has 0 unspecified atom stereocenters. The van der Waals surface area contributed by atoms with Crippen LogP contribution in [0.3, 0.4) is 0 Å². The van der Waals surface area contributed by atoms with E-state index in [1.807, 2.05) is 6.07 Å². The minimum atomic E-state index is -0.0834. The van der Waals surface area contributed by atoms with Gasteiger partial charge in [0.25, 0.3) is 0 Å². The molecule has 0 spiro atoms. The van der Waals surface area contributed by atoms with Gasteiger partial charge in [-0.3, -0.25) is 9.59 Å². The van der Waals surface area contributed by atoms with Crippen LogP contribution >= 0.6 is 0 Å². The fourth-order valence-electron chi connectivity index (χ4n) is 5.95. The van der Waals surface area contributed by atoms with E-state index in [-0.39, 0.29) is 11.6 Å². The van der Waals surface area contributed by atoms with Gasteiger partial charge < -0.3 is 5.73 Å². The fourth-order valence-corrected chi connectivity index (χ4v) is 5.95. The summed E-state index contributed by atoms with van der Waals surface area (Å²) >= 11 is 0. The van der Waals surface area contributed by atoms with Crippen LogP contribution in [0.5, 0.6) is 0 Å². The van der Waals surface area contributed by atoms with Gasteiger partial charge in [0.05, 0.1) is 5.56 Å². The number of hydrogen-bond donors (Lipinski definition) is 1. The molecule has 3 heteroatoms. The van der Waals surface area contributed by atoms with E-state index in [9.17, 15) is 9.59 Å². The largest absolute Gasteiger partial charge is 0.398 e. The first-order valence-electron chi connectivity index (χ1n) is 11.3. The second kappa shape index (κ2) is 7.44. The highest BCUT2D eigenvalue weighted by molar-refractivity contribution is 6.30. The van der Waals surface area contributed by atoms with Crippen LogP contribution in [-0.2, 0) is 0 Å². The summed E-state index contributed by atoms with van der Waals surface area (Å²) in [5.41, 5.74) is 11.2. The third-order valence-electron chi connectivity index (χ3n) is 7.38. The van der Waals surface area contributed by atoms with Gasteiger partial charge in [0.1, 0.15) is 0 Å². The van der Waals surface area contributed by atoms with E-state index in [4.69, 9.17) is 5.73 Å². The Morgan fingerprint density at radius 2 is 1.24 bits per heavy atom. The Labute approximate surface area is 172 Å². The van der Waals surface area contributed by atoms with Crippen LogP contribution in [0.4, 0.5) is 5.69 Å². The molecule has 0 aliphatic heterocycles. The summed E-state index contributed by atoms with van der Waals surface area (Å²) in [5.74, 6) is 0.839. The van der Waals surface area contributed by atoms with Crippen molar-refractivity contribution < 1.29 is 9.59 Å². The van der Waals surface area contributed by atoms with Crippen molar-refractivity contribution in [3.63, 3.8) is 0 Å². The molecule has 0 atom stereocenters. The minimum absolute atomic E-state index is 0.000123. The van der Waals surface area contributed by atoms with E-state index >= 15 is 0 Å². The van der Waals surface area contributed by atoms with Gasteiger partial charge in [-0.15, -0.1) is 0 Å². The SMILES string of the molecule is Nc1cccc2c1C(=O)c1ccc(C3CCCCC3)c(C3CCCCC3)c1C2=O. The molecule has 2 N–H and O–H groups in total. The summed E-state index contributed by atoms with van der Waals surface area (Å²) in [4.78, 5) is 27.1. The average Bonchev–Trinajstić information content (AvgIpc) is 2.77. The minimum Gasteiger partial charge on any atom is -0.398 e. The molecule has 2 aromatic carbocycles. The fraction of sp³-hybridized carbons (Fsp3) is 0.462. The molecule has 0 aromatic heterocycles. The number of anilines is 1. The smallest absolute Gasteiger partial charge is 0.196 e. The standard InChI is InChI=1S/C26H29NO2/c27-21-13-7-12-19-23(21)25(28)20-15-14-18(16-8-3-1-4-9-16)22(24(20)26(19)29)17-10-5-2-6-11-17/h7,12-17H,1-6,8-11,27H2. The van der Waals surface area contributed by atoms with E-state index in [0.29, 0.717) is 39.8 Å². The van der Waals surface area contributed by atoms with E-state index in [0.717, 1.165) is 12.8 Å². The van der Waals surface area contributed by atoms with Gasteiger partial charge in [0.2, 0.25) is 0 Å². The second-order valence-electron chi connectivity index (χ2n) is 9.09. The summed E-state index contributed by atoms with van der Waals surface area (Å²) in [6.45, 7) is 0. The molecule has 29 heavy (non-hydrogen) atoms. The Morgan fingerprint density at radius 3 is 1.93 bits per heavy atom. The van der Waals surface area contributed by atoms with Crippen molar-refractivity contribution in [2.45, 2.75) is 76.0 Å². The average molecular weight is 388 g/mol. The zero-order chi connectivity index (χ0) is 20.0. The monoisotopic (exact) mass is 387 g/mol. The third kappa shape index (κ3) is 3.02. The maximum Gasteiger partial charge on any atom is 0.196 e. The van der Waals surface area contributed by atoms with Crippen LogP contribution in [0.2, 0.25) is 0 Å². The van der Waals surface area contributed by atoms with Gasteiger partial charge in [-0.05, 0) is 60.8 Å². The van der Waals surface area contributed by atoms with Crippen molar-refractivity contribution in [3.8, 4) is 0 Å². The van der Waals surface area contributed by atoms with Crippen molar-refractivity contribution in [1.29, 1.82) is 0 Å². The van der Waals surface area contributed by atoms with Gasteiger partial charge >= 0.3 is 0 Å². The van der Waals surface area contributed by atoms with Gasteiger partial charge in [0, 0.05) is 22.4 Å². The number of rotatable bonds is 2.